The van der Waals surface area contributed by atoms with Gasteiger partial charge in [-0.2, -0.15) is 0 Å². The molecule has 0 spiro atoms. The van der Waals surface area contributed by atoms with Crippen LogP contribution in [0.25, 0.3) is 0 Å². The lowest BCUT2D eigenvalue weighted by molar-refractivity contribution is -0.142. The highest BCUT2D eigenvalue weighted by atomic mass is 16.5. The lowest BCUT2D eigenvalue weighted by Crippen LogP contribution is -2.17. The summed E-state index contributed by atoms with van der Waals surface area (Å²) in [5.74, 6) is -0.358. The fourth-order valence-corrected chi connectivity index (χ4v) is 2.20. The molecular weight excluding hydrogens is 260 g/mol. The van der Waals surface area contributed by atoms with Crippen LogP contribution in [0, 0.1) is 5.41 Å². The average molecular weight is 282 g/mol. The van der Waals surface area contributed by atoms with Gasteiger partial charge in [0.15, 0.2) is 6.10 Å². The molecule has 21 heavy (non-hydrogen) atoms. The Labute approximate surface area is 126 Å². The Balaban J connectivity index is 2.29. The molecule has 1 unspecified atom stereocenters. The second kappa shape index (κ2) is 6.13. The first-order chi connectivity index (χ1) is 9.89. The minimum atomic E-state index is -0.372. The molecule has 0 saturated carbocycles. The van der Waals surface area contributed by atoms with Crippen LogP contribution >= 0.6 is 0 Å². The highest BCUT2D eigenvalue weighted by molar-refractivity contribution is 5.87. The van der Waals surface area contributed by atoms with Crippen molar-refractivity contribution in [1.29, 1.82) is 0 Å². The van der Waals surface area contributed by atoms with Crippen LogP contribution in [-0.4, -0.2) is 5.97 Å². The topological polar surface area (TPSA) is 26.3 Å². The first-order valence-electron chi connectivity index (χ1n) is 7.20. The Bertz CT molecular complexity index is 591. The van der Waals surface area contributed by atoms with Crippen LogP contribution in [0.3, 0.4) is 0 Å². The third-order valence-electron chi connectivity index (χ3n) is 3.57. The van der Waals surface area contributed by atoms with Crippen molar-refractivity contribution in [2.45, 2.75) is 33.3 Å². The van der Waals surface area contributed by atoms with Gasteiger partial charge in [0.2, 0.25) is 0 Å². The minimum Gasteiger partial charge on any atom is -0.449 e. The van der Waals surface area contributed by atoms with Crippen LogP contribution in [0.2, 0.25) is 0 Å². The van der Waals surface area contributed by atoms with Crippen molar-refractivity contribution >= 4 is 5.97 Å². The predicted molar refractivity (Wildman–Crippen MR) is 85.7 cm³/mol. The molecule has 0 saturated heterocycles. The Morgan fingerprint density at radius 2 is 1.95 bits per heavy atom. The molecule has 110 valence electrons. The van der Waals surface area contributed by atoms with Crippen LogP contribution in [0.1, 0.15) is 38.9 Å². The van der Waals surface area contributed by atoms with Gasteiger partial charge in [-0.1, -0.05) is 69.0 Å². The molecule has 0 N–H and O–H groups in total. The van der Waals surface area contributed by atoms with Gasteiger partial charge in [-0.05, 0) is 29.9 Å². The maximum Gasteiger partial charge on any atom is 0.334 e. The molecule has 0 amide bonds. The molecule has 0 fully saturated rings. The van der Waals surface area contributed by atoms with Crippen LogP contribution in [0.15, 0.2) is 66.3 Å². The maximum atomic E-state index is 11.9. The smallest absolute Gasteiger partial charge is 0.334 e. The average Bonchev–Trinajstić information content (AvgIpc) is 2.46. The molecule has 0 aliphatic heterocycles. The summed E-state index contributed by atoms with van der Waals surface area (Å²) < 4.78 is 5.65. The zero-order valence-electron chi connectivity index (χ0n) is 12.9. The molecule has 1 atom stereocenters. The van der Waals surface area contributed by atoms with Gasteiger partial charge in [0.1, 0.15) is 0 Å². The fraction of sp³-hybridized carbons (Fsp3) is 0.316. The van der Waals surface area contributed by atoms with Crippen molar-refractivity contribution in [1.82, 2.24) is 0 Å². The quantitative estimate of drug-likeness (QED) is 0.588. The van der Waals surface area contributed by atoms with E-state index in [1.54, 1.807) is 6.92 Å². The summed E-state index contributed by atoms with van der Waals surface area (Å²) in [6.45, 7) is 9.70. The van der Waals surface area contributed by atoms with E-state index in [-0.39, 0.29) is 17.5 Å². The van der Waals surface area contributed by atoms with Crippen LogP contribution in [-0.2, 0) is 9.53 Å². The van der Waals surface area contributed by atoms with Crippen LogP contribution < -0.4 is 0 Å². The Hall–Kier alpha value is -2.09. The van der Waals surface area contributed by atoms with Gasteiger partial charge in [0.25, 0.3) is 0 Å². The minimum absolute atomic E-state index is 0.156. The van der Waals surface area contributed by atoms with Gasteiger partial charge in [-0.15, -0.1) is 0 Å². The highest BCUT2D eigenvalue weighted by Gasteiger charge is 2.24. The van der Waals surface area contributed by atoms with E-state index in [2.05, 4.69) is 38.7 Å². The van der Waals surface area contributed by atoms with Gasteiger partial charge in [-0.3, -0.25) is 0 Å². The molecule has 2 rings (SSSR count). The van der Waals surface area contributed by atoms with Crippen molar-refractivity contribution in [2.24, 2.45) is 5.41 Å². The molecule has 1 aromatic rings. The SMILES string of the molecule is C=C(C)C(=O)OC(C1=CCC(C)(C)C=C1)c1ccccc1. The lowest BCUT2D eigenvalue weighted by atomic mass is 9.82. The number of carbonyl (C=O) groups excluding carboxylic acids is 1. The van der Waals surface area contributed by atoms with Crippen LogP contribution in [0.4, 0.5) is 0 Å². The van der Waals surface area contributed by atoms with Crippen LogP contribution in [0.5, 0.6) is 0 Å². The standard InChI is InChI=1S/C19H22O2/c1-14(2)18(20)21-17(15-8-6-5-7-9-15)16-10-12-19(3,4)13-11-16/h5-12,17H,1,13H2,2-4H3. The molecular formula is C19H22O2. The number of hydrogen-bond donors (Lipinski definition) is 0. The number of benzene rings is 1. The molecule has 2 nitrogen and oxygen atoms in total. The number of allylic oxidation sites excluding steroid dienone is 2. The van der Waals surface area contributed by atoms with Crippen molar-refractivity contribution in [2.75, 3.05) is 0 Å². The van der Waals surface area contributed by atoms with E-state index >= 15 is 0 Å². The number of esters is 1. The molecule has 0 aromatic heterocycles. The van der Waals surface area contributed by atoms with E-state index < -0.39 is 0 Å². The largest absolute Gasteiger partial charge is 0.449 e. The first kappa shape index (κ1) is 15.3. The summed E-state index contributed by atoms with van der Waals surface area (Å²) in [4.78, 5) is 11.9. The normalized spacial score (nSPS) is 17.8. The monoisotopic (exact) mass is 282 g/mol. The number of hydrogen-bond acceptors (Lipinski definition) is 2. The number of ether oxygens (including phenoxy) is 1. The van der Waals surface area contributed by atoms with Gasteiger partial charge in [0, 0.05) is 5.57 Å². The van der Waals surface area contributed by atoms with Gasteiger partial charge >= 0.3 is 5.97 Å². The third-order valence-corrected chi connectivity index (χ3v) is 3.57. The van der Waals surface area contributed by atoms with E-state index in [1.807, 2.05) is 30.3 Å². The van der Waals surface area contributed by atoms with E-state index in [9.17, 15) is 4.79 Å². The third kappa shape index (κ3) is 3.94. The Morgan fingerprint density at radius 1 is 1.29 bits per heavy atom. The zero-order chi connectivity index (χ0) is 15.5. The summed E-state index contributed by atoms with van der Waals surface area (Å²) in [5.41, 5.74) is 2.57. The maximum absolute atomic E-state index is 11.9. The highest BCUT2D eigenvalue weighted by Crippen LogP contribution is 2.35. The van der Waals surface area contributed by atoms with Crippen molar-refractivity contribution in [3.05, 3.63) is 71.8 Å². The summed E-state index contributed by atoms with van der Waals surface area (Å²) in [6.07, 6.45) is 6.96. The van der Waals surface area contributed by atoms with Gasteiger partial charge in [-0.25, -0.2) is 4.79 Å². The summed E-state index contributed by atoms with van der Waals surface area (Å²) in [5, 5.41) is 0. The molecule has 1 aromatic carbocycles. The molecule has 1 aliphatic rings. The molecule has 0 radical (unpaired) electrons. The zero-order valence-corrected chi connectivity index (χ0v) is 12.9. The Morgan fingerprint density at radius 3 is 2.48 bits per heavy atom. The predicted octanol–water partition coefficient (Wildman–Crippen LogP) is 4.76. The van der Waals surface area contributed by atoms with E-state index in [1.165, 1.54) is 0 Å². The van der Waals surface area contributed by atoms with E-state index in [0.29, 0.717) is 5.57 Å². The molecule has 2 heteroatoms. The van der Waals surface area contributed by atoms with E-state index in [0.717, 1.165) is 17.6 Å². The molecule has 0 bridgehead atoms. The lowest BCUT2D eigenvalue weighted by Gasteiger charge is -2.27. The van der Waals surface area contributed by atoms with Gasteiger partial charge < -0.3 is 4.74 Å². The Kier molecular flexibility index (Phi) is 4.46. The van der Waals surface area contributed by atoms with Gasteiger partial charge in [0.05, 0.1) is 0 Å². The summed E-state index contributed by atoms with van der Waals surface area (Å²) in [6, 6.07) is 9.81. The van der Waals surface area contributed by atoms with Crippen molar-refractivity contribution in [3.8, 4) is 0 Å². The second-order valence-electron chi connectivity index (χ2n) is 6.21. The summed E-state index contributed by atoms with van der Waals surface area (Å²) >= 11 is 0. The van der Waals surface area contributed by atoms with Crippen molar-refractivity contribution in [3.63, 3.8) is 0 Å². The molecule has 1 aliphatic carbocycles. The number of carbonyl (C=O) groups is 1. The summed E-state index contributed by atoms with van der Waals surface area (Å²) in [7, 11) is 0. The van der Waals surface area contributed by atoms with Crippen molar-refractivity contribution < 1.29 is 9.53 Å². The first-order valence-corrected chi connectivity index (χ1v) is 7.20. The fourth-order valence-electron chi connectivity index (χ4n) is 2.20. The molecule has 0 heterocycles. The number of rotatable bonds is 4. The van der Waals surface area contributed by atoms with E-state index in [4.69, 9.17) is 4.74 Å². The second-order valence-corrected chi connectivity index (χ2v) is 6.21.